The summed E-state index contributed by atoms with van der Waals surface area (Å²) >= 11 is 0. The van der Waals surface area contributed by atoms with E-state index >= 15 is 0 Å². The van der Waals surface area contributed by atoms with E-state index in [0.29, 0.717) is 6.54 Å². The Bertz CT molecular complexity index is 398. The van der Waals surface area contributed by atoms with E-state index in [0.717, 1.165) is 0 Å². The molecule has 0 bridgehead atoms. The molecule has 1 aromatic heterocycles. The molecule has 0 aliphatic heterocycles. The molecule has 6 nitrogen and oxygen atoms in total. The fourth-order valence-corrected chi connectivity index (χ4v) is 1.40. The molecular weight excluding hydrogens is 206 g/mol. The van der Waals surface area contributed by atoms with Gasteiger partial charge in [0.2, 0.25) is 0 Å². The summed E-state index contributed by atoms with van der Waals surface area (Å²) in [5.74, 6) is 0. The number of nitrogens with zero attached hydrogens (tertiary/aromatic N) is 2. The van der Waals surface area contributed by atoms with Crippen LogP contribution in [-0.2, 0) is 21.3 Å². The summed E-state index contributed by atoms with van der Waals surface area (Å²) in [6.45, 7) is 2.35. The number of hydrogen-bond acceptors (Lipinski definition) is 4. The van der Waals surface area contributed by atoms with Crippen LogP contribution in [0.3, 0.4) is 0 Å². The Hall–Kier alpha value is -0.920. The molecule has 14 heavy (non-hydrogen) atoms. The van der Waals surface area contributed by atoms with Gasteiger partial charge >= 0.3 is 0 Å². The molecule has 0 unspecified atom stereocenters. The van der Waals surface area contributed by atoms with Crippen LogP contribution in [0.5, 0.6) is 0 Å². The first kappa shape index (κ1) is 11.2. The highest BCUT2D eigenvalue weighted by Crippen LogP contribution is 2.03. The van der Waals surface area contributed by atoms with Gasteiger partial charge in [0.1, 0.15) is 0 Å². The van der Waals surface area contributed by atoms with E-state index in [1.165, 1.54) is 10.7 Å². The third-order valence-corrected chi connectivity index (χ3v) is 2.55. The molecule has 0 saturated carbocycles. The van der Waals surface area contributed by atoms with Gasteiger partial charge in [-0.3, -0.25) is 4.68 Å². The lowest BCUT2D eigenvalue weighted by molar-refractivity contribution is 0.0995. The van der Waals surface area contributed by atoms with Crippen molar-refractivity contribution in [1.82, 2.24) is 9.78 Å². The average molecular weight is 219 g/mol. The van der Waals surface area contributed by atoms with Crippen LogP contribution in [0.15, 0.2) is 17.3 Å². The molecule has 1 heterocycles. The smallest absolute Gasteiger partial charge is 0.257 e. The van der Waals surface area contributed by atoms with Crippen LogP contribution in [0.4, 0.5) is 0 Å². The van der Waals surface area contributed by atoms with E-state index in [-0.39, 0.29) is 11.1 Å². The van der Waals surface area contributed by atoms with Crippen LogP contribution in [0.25, 0.3) is 0 Å². The highest BCUT2D eigenvalue weighted by atomic mass is 32.2. The van der Waals surface area contributed by atoms with E-state index < -0.39 is 10.0 Å². The Balaban J connectivity index is 2.79. The maximum Gasteiger partial charge on any atom is 0.257 e. The molecule has 0 saturated heterocycles. The van der Waals surface area contributed by atoms with E-state index in [1.54, 1.807) is 13.3 Å². The van der Waals surface area contributed by atoms with Gasteiger partial charge in [0.15, 0.2) is 5.03 Å². The summed E-state index contributed by atoms with van der Waals surface area (Å²) in [5.41, 5.74) is 0. The van der Waals surface area contributed by atoms with E-state index in [4.69, 9.17) is 9.88 Å². The van der Waals surface area contributed by atoms with Gasteiger partial charge in [0, 0.05) is 13.3 Å². The van der Waals surface area contributed by atoms with E-state index in [2.05, 4.69) is 5.10 Å². The van der Waals surface area contributed by atoms with Gasteiger partial charge in [-0.25, -0.2) is 13.6 Å². The molecule has 0 fully saturated rings. The van der Waals surface area contributed by atoms with Crippen LogP contribution in [0.1, 0.15) is 6.92 Å². The number of primary sulfonamides is 1. The van der Waals surface area contributed by atoms with Crippen LogP contribution < -0.4 is 5.14 Å². The molecular formula is C7H13N3O3S. The second-order valence-corrected chi connectivity index (χ2v) is 4.48. The Morgan fingerprint density at radius 3 is 2.79 bits per heavy atom. The third kappa shape index (κ3) is 2.79. The minimum atomic E-state index is -3.70. The van der Waals surface area contributed by atoms with E-state index in [1.807, 2.05) is 6.92 Å². The molecule has 2 N–H and O–H groups in total. The summed E-state index contributed by atoms with van der Waals surface area (Å²) in [4.78, 5) is 0. The zero-order valence-electron chi connectivity index (χ0n) is 8.04. The average Bonchev–Trinajstić information content (AvgIpc) is 2.51. The van der Waals surface area contributed by atoms with Gasteiger partial charge in [0.05, 0.1) is 12.6 Å². The number of methoxy groups -OCH3 is 1. The Kier molecular flexibility index (Phi) is 3.25. The highest BCUT2D eigenvalue weighted by Gasteiger charge is 2.12. The topological polar surface area (TPSA) is 87.2 Å². The molecule has 7 heteroatoms. The van der Waals surface area contributed by atoms with Crippen LogP contribution in [0, 0.1) is 0 Å². The van der Waals surface area contributed by atoms with Crippen molar-refractivity contribution in [2.75, 3.05) is 7.11 Å². The fourth-order valence-electron chi connectivity index (χ4n) is 0.934. The maximum atomic E-state index is 10.9. The second kappa shape index (κ2) is 4.07. The lowest BCUT2D eigenvalue weighted by Crippen LogP contribution is -2.17. The third-order valence-electron chi connectivity index (χ3n) is 1.75. The first-order valence-corrected chi connectivity index (χ1v) is 5.57. The van der Waals surface area contributed by atoms with Crippen molar-refractivity contribution in [3.05, 3.63) is 12.3 Å². The van der Waals surface area contributed by atoms with Crippen LogP contribution in [-0.4, -0.2) is 31.4 Å². The number of nitrogens with two attached hydrogens (primary N) is 1. The normalized spacial score (nSPS) is 14.2. The van der Waals surface area contributed by atoms with Gasteiger partial charge < -0.3 is 4.74 Å². The molecule has 0 aromatic carbocycles. The predicted molar refractivity (Wildman–Crippen MR) is 50.1 cm³/mol. The molecule has 0 aliphatic carbocycles. The van der Waals surface area contributed by atoms with Crippen molar-refractivity contribution in [3.63, 3.8) is 0 Å². The Labute approximate surface area is 82.7 Å². The predicted octanol–water partition coefficient (Wildman–Crippen LogP) is -0.435. The summed E-state index contributed by atoms with van der Waals surface area (Å²) in [7, 11) is -2.12. The van der Waals surface area contributed by atoms with Gasteiger partial charge in [-0.1, -0.05) is 0 Å². The lowest BCUT2D eigenvalue weighted by atomic mass is 10.4. The van der Waals surface area contributed by atoms with Gasteiger partial charge in [-0.2, -0.15) is 5.10 Å². The van der Waals surface area contributed by atoms with Crippen molar-refractivity contribution < 1.29 is 13.2 Å². The SMILES string of the molecule is CO[C@H](C)Cn1ccc(S(N)(=O)=O)n1. The standard InChI is InChI=1S/C7H13N3O3S/c1-6(13-2)5-10-4-3-7(9-10)14(8,11)12/h3-4,6H,5H2,1-2H3,(H2,8,11,12)/t6-/m1/s1. The van der Waals surface area contributed by atoms with Crippen molar-refractivity contribution in [2.24, 2.45) is 5.14 Å². The number of ether oxygens (including phenoxy) is 1. The van der Waals surface area contributed by atoms with Crippen molar-refractivity contribution in [2.45, 2.75) is 24.6 Å². The van der Waals surface area contributed by atoms with Gasteiger partial charge in [-0.15, -0.1) is 0 Å². The van der Waals surface area contributed by atoms with E-state index in [9.17, 15) is 8.42 Å². The molecule has 0 spiro atoms. The number of rotatable bonds is 4. The summed E-state index contributed by atoms with van der Waals surface area (Å²) in [6, 6.07) is 1.36. The lowest BCUT2D eigenvalue weighted by Gasteiger charge is -2.08. The Morgan fingerprint density at radius 1 is 1.71 bits per heavy atom. The second-order valence-electron chi connectivity index (χ2n) is 2.97. The minimum absolute atomic E-state index is 0.0248. The molecule has 0 aliphatic rings. The fraction of sp³-hybridized carbons (Fsp3) is 0.571. The minimum Gasteiger partial charge on any atom is -0.380 e. The molecule has 80 valence electrons. The van der Waals surface area contributed by atoms with Gasteiger partial charge in [-0.05, 0) is 13.0 Å². The zero-order valence-corrected chi connectivity index (χ0v) is 8.86. The number of aromatic nitrogens is 2. The first-order chi connectivity index (χ1) is 6.43. The van der Waals surface area contributed by atoms with Crippen LogP contribution in [0.2, 0.25) is 0 Å². The first-order valence-electron chi connectivity index (χ1n) is 4.02. The highest BCUT2D eigenvalue weighted by molar-refractivity contribution is 7.89. The largest absolute Gasteiger partial charge is 0.380 e. The molecule has 1 atom stereocenters. The van der Waals surface area contributed by atoms with Gasteiger partial charge in [0.25, 0.3) is 10.0 Å². The zero-order chi connectivity index (χ0) is 10.8. The van der Waals surface area contributed by atoms with Crippen molar-refractivity contribution >= 4 is 10.0 Å². The molecule has 0 amide bonds. The molecule has 0 radical (unpaired) electrons. The Morgan fingerprint density at radius 2 is 2.36 bits per heavy atom. The summed E-state index contributed by atoms with van der Waals surface area (Å²) < 4.78 is 28.2. The molecule has 1 rings (SSSR count). The quantitative estimate of drug-likeness (QED) is 0.744. The number of sulfonamides is 1. The summed E-state index contributed by atoms with van der Waals surface area (Å²) in [6.07, 6.45) is 1.53. The monoisotopic (exact) mass is 219 g/mol. The maximum absolute atomic E-state index is 10.9. The molecule has 1 aromatic rings. The number of hydrogen-bond donors (Lipinski definition) is 1. The van der Waals surface area contributed by atoms with Crippen molar-refractivity contribution in [3.8, 4) is 0 Å². The van der Waals surface area contributed by atoms with Crippen LogP contribution >= 0.6 is 0 Å². The van der Waals surface area contributed by atoms with Crippen molar-refractivity contribution in [1.29, 1.82) is 0 Å². The summed E-state index contributed by atoms with van der Waals surface area (Å²) in [5, 5.41) is 8.57.